The minimum absolute atomic E-state index is 0.0968. The first-order valence-corrected chi connectivity index (χ1v) is 15.6. The highest BCUT2D eigenvalue weighted by Gasteiger charge is 2.28. The van der Waals surface area contributed by atoms with E-state index in [0.717, 1.165) is 11.0 Å². The molecule has 5 aromatic rings. The number of ketones is 1. The Labute approximate surface area is 230 Å². The number of hydrogen-bond acceptors (Lipinski definition) is 2. The lowest BCUT2D eigenvalue weighted by molar-refractivity contribution is 0.0994. The van der Waals surface area contributed by atoms with Gasteiger partial charge in [0.1, 0.15) is 5.58 Å². The first-order chi connectivity index (χ1) is 18.5. The second-order valence-corrected chi connectivity index (χ2v) is 12.4. The van der Waals surface area contributed by atoms with Crippen molar-refractivity contribution in [1.82, 2.24) is 0 Å². The van der Waals surface area contributed by atoms with Crippen LogP contribution >= 0.6 is 0 Å². The number of carbonyl (C=O) groups excluding carboxylic acids is 1. The minimum atomic E-state index is -0.913. The van der Waals surface area contributed by atoms with Crippen LogP contribution in [-0.2, 0) is 10.9 Å². The summed E-state index contributed by atoms with van der Waals surface area (Å²) in [7, 11) is 0.123. The fraction of sp³-hybridized carbons (Fsp3) is 0.206. The zero-order valence-electron chi connectivity index (χ0n) is 22.7. The lowest BCUT2D eigenvalue weighted by Crippen LogP contribution is -2.66. The summed E-state index contributed by atoms with van der Waals surface area (Å²) in [4.78, 5) is 11.7. The molecule has 0 spiro atoms. The molecule has 194 valence electrons. The highest BCUT2D eigenvalue weighted by atomic mass is 32.2. The standard InChI is InChI=1S/C22H24B.C12H13O2S/c1-2-3-19-23(20-13-7-4-8-14-20,21-15-9-5-10-16-21)22-17-11-6-12-18-22;1-15(2)8-10(13)12-7-9-5-3-4-6-11(9)14-12/h4-18H,2-3,19H2,1H3;3-7H,8H2,1-2H3/q-1;+1. The van der Waals surface area contributed by atoms with Gasteiger partial charge in [0.05, 0.1) is 18.7 Å². The normalized spacial score (nSPS) is 11.3. The Morgan fingerprint density at radius 2 is 1.18 bits per heavy atom. The molecule has 1 aromatic heterocycles. The average molecular weight is 521 g/mol. The highest BCUT2D eigenvalue weighted by molar-refractivity contribution is 7.96. The van der Waals surface area contributed by atoms with E-state index in [4.69, 9.17) is 4.42 Å². The Bertz CT molecular complexity index is 1280. The van der Waals surface area contributed by atoms with E-state index in [1.54, 1.807) is 0 Å². The fourth-order valence-corrected chi connectivity index (χ4v) is 6.05. The number of rotatable bonds is 9. The summed E-state index contributed by atoms with van der Waals surface area (Å²) in [5, 5.41) is 0.993. The first-order valence-electron chi connectivity index (χ1n) is 13.4. The lowest BCUT2D eigenvalue weighted by Gasteiger charge is -2.43. The van der Waals surface area contributed by atoms with E-state index < -0.39 is 6.15 Å². The molecule has 0 aliphatic rings. The third-order valence-corrected chi connectivity index (χ3v) is 8.06. The third kappa shape index (κ3) is 6.49. The van der Waals surface area contributed by atoms with Crippen molar-refractivity contribution in [3.63, 3.8) is 0 Å². The maximum atomic E-state index is 11.7. The fourth-order valence-electron chi connectivity index (χ4n) is 5.38. The monoisotopic (exact) mass is 520 g/mol. The number of para-hydroxylation sites is 1. The molecule has 0 bridgehead atoms. The van der Waals surface area contributed by atoms with Crippen molar-refractivity contribution in [3.05, 3.63) is 127 Å². The van der Waals surface area contributed by atoms with E-state index >= 15 is 0 Å². The summed E-state index contributed by atoms with van der Waals surface area (Å²) in [5.41, 5.74) is 5.11. The van der Waals surface area contributed by atoms with Gasteiger partial charge in [-0.05, 0) is 23.0 Å². The Morgan fingerprint density at radius 1 is 0.711 bits per heavy atom. The topological polar surface area (TPSA) is 30.2 Å². The molecule has 0 atom stereocenters. The lowest BCUT2D eigenvalue weighted by atomic mass is 9.14. The van der Waals surface area contributed by atoms with Crippen molar-refractivity contribution in [2.24, 2.45) is 0 Å². The molecule has 0 radical (unpaired) electrons. The van der Waals surface area contributed by atoms with Gasteiger partial charge in [-0.3, -0.25) is 4.79 Å². The van der Waals surface area contributed by atoms with E-state index in [1.807, 2.05) is 30.3 Å². The van der Waals surface area contributed by atoms with Crippen LogP contribution in [0.1, 0.15) is 30.3 Å². The molecule has 0 fully saturated rings. The summed E-state index contributed by atoms with van der Waals surface area (Å²) in [5.74, 6) is 1.15. The van der Waals surface area contributed by atoms with E-state index in [-0.39, 0.29) is 16.7 Å². The van der Waals surface area contributed by atoms with E-state index in [9.17, 15) is 4.79 Å². The molecule has 4 heteroatoms. The van der Waals surface area contributed by atoms with E-state index in [2.05, 4.69) is 110 Å². The number of carbonyl (C=O) groups is 1. The number of benzene rings is 4. The second-order valence-electron chi connectivity index (χ2n) is 10.1. The first kappa shape index (κ1) is 27.5. The van der Waals surface area contributed by atoms with Crippen molar-refractivity contribution in [2.45, 2.75) is 26.1 Å². The van der Waals surface area contributed by atoms with Gasteiger partial charge in [0.2, 0.25) is 5.78 Å². The SMILES string of the molecule is CCCC[B-](c1ccccc1)(c1ccccc1)c1ccccc1.C[S+](C)CC(=O)c1cc2ccccc2o1. The van der Waals surface area contributed by atoms with Crippen LogP contribution in [0.15, 0.2) is 126 Å². The zero-order chi connectivity index (χ0) is 26.8. The Balaban J connectivity index is 0.000000194. The molecule has 0 aliphatic heterocycles. The Hall–Kier alpha value is -3.50. The van der Waals surface area contributed by atoms with Gasteiger partial charge in [0.25, 0.3) is 0 Å². The molecule has 5 rings (SSSR count). The van der Waals surface area contributed by atoms with Gasteiger partial charge < -0.3 is 4.42 Å². The maximum absolute atomic E-state index is 11.7. The molecule has 1 heterocycles. The van der Waals surface area contributed by atoms with Crippen LogP contribution in [0, 0.1) is 0 Å². The smallest absolute Gasteiger partial charge is 0.246 e. The predicted octanol–water partition coefficient (Wildman–Crippen LogP) is 6.45. The maximum Gasteiger partial charge on any atom is 0.246 e. The van der Waals surface area contributed by atoms with Crippen LogP contribution in [-0.4, -0.2) is 30.2 Å². The summed E-state index contributed by atoms with van der Waals surface area (Å²) < 4.78 is 5.49. The van der Waals surface area contributed by atoms with Crippen molar-refractivity contribution < 1.29 is 9.21 Å². The van der Waals surface area contributed by atoms with Gasteiger partial charge >= 0.3 is 0 Å². The van der Waals surface area contributed by atoms with Gasteiger partial charge in [-0.15, -0.1) is 0 Å². The van der Waals surface area contributed by atoms with E-state index in [1.165, 1.54) is 35.6 Å². The van der Waals surface area contributed by atoms with Gasteiger partial charge in [0, 0.05) is 5.39 Å². The number of furan rings is 1. The quantitative estimate of drug-likeness (QED) is 0.127. The average Bonchev–Trinajstić information content (AvgIpc) is 3.40. The third-order valence-electron chi connectivity index (χ3n) is 7.22. The van der Waals surface area contributed by atoms with Crippen molar-refractivity contribution >= 4 is 50.2 Å². The van der Waals surface area contributed by atoms with Crippen molar-refractivity contribution in [3.8, 4) is 0 Å². The Kier molecular flexibility index (Phi) is 9.67. The molecule has 4 aromatic carbocycles. The van der Waals surface area contributed by atoms with Gasteiger partial charge in [-0.2, -0.15) is 22.7 Å². The molecule has 0 aliphatic carbocycles. The predicted molar refractivity (Wildman–Crippen MR) is 168 cm³/mol. The molecule has 0 amide bonds. The van der Waals surface area contributed by atoms with Crippen LogP contribution < -0.4 is 16.4 Å². The number of unbranched alkanes of at least 4 members (excludes halogenated alkanes) is 1. The van der Waals surface area contributed by atoms with Crippen LogP contribution in [0.3, 0.4) is 0 Å². The molecule has 2 nitrogen and oxygen atoms in total. The van der Waals surface area contributed by atoms with Crippen molar-refractivity contribution in [1.29, 1.82) is 0 Å². The molecule has 38 heavy (non-hydrogen) atoms. The molecule has 0 N–H and O–H groups in total. The molecule has 0 unspecified atom stereocenters. The number of fused-ring (bicyclic) bond motifs is 1. The molecule has 0 saturated carbocycles. The largest absolute Gasteiger partial charge is 0.453 e. The van der Waals surface area contributed by atoms with Crippen molar-refractivity contribution in [2.75, 3.05) is 18.3 Å². The number of hydrogen-bond donors (Lipinski definition) is 0. The second kappa shape index (κ2) is 13.3. The van der Waals surface area contributed by atoms with E-state index in [0.29, 0.717) is 11.5 Å². The van der Waals surface area contributed by atoms with Crippen LogP contribution in [0.5, 0.6) is 0 Å². The molecular formula is C34H37BO2S. The summed E-state index contributed by atoms with van der Waals surface area (Å²) in [6, 6.07) is 42.7. The summed E-state index contributed by atoms with van der Waals surface area (Å²) >= 11 is 0. The summed E-state index contributed by atoms with van der Waals surface area (Å²) in [6.07, 6.45) is 6.84. The minimum Gasteiger partial charge on any atom is -0.453 e. The molecule has 0 saturated heterocycles. The molecular weight excluding hydrogens is 483 g/mol. The van der Waals surface area contributed by atoms with Gasteiger partial charge in [-0.1, -0.05) is 129 Å². The van der Waals surface area contributed by atoms with Crippen LogP contribution in [0.4, 0.5) is 0 Å². The summed E-state index contributed by atoms with van der Waals surface area (Å²) in [6.45, 7) is 2.28. The zero-order valence-corrected chi connectivity index (χ0v) is 23.5. The highest BCUT2D eigenvalue weighted by Crippen LogP contribution is 2.19. The van der Waals surface area contributed by atoms with Gasteiger partial charge in [-0.25, -0.2) is 0 Å². The van der Waals surface area contributed by atoms with Crippen LogP contribution in [0.25, 0.3) is 11.0 Å². The van der Waals surface area contributed by atoms with Gasteiger partial charge in [0.15, 0.2) is 11.5 Å². The number of Topliss-reactive ketones (excluding diaryl/α,β-unsaturated/α-hetero) is 1. The Morgan fingerprint density at radius 3 is 1.63 bits per heavy atom. The van der Waals surface area contributed by atoms with Crippen LogP contribution in [0.2, 0.25) is 6.32 Å².